The Bertz CT molecular complexity index is 441. The third kappa shape index (κ3) is 1.79. The minimum absolute atomic E-state index is 0.695. The van der Waals surface area contributed by atoms with Crippen molar-refractivity contribution in [1.82, 2.24) is 4.98 Å². The maximum Gasteiger partial charge on any atom is 0.151 e. The van der Waals surface area contributed by atoms with Crippen molar-refractivity contribution in [2.45, 2.75) is 0 Å². The van der Waals surface area contributed by atoms with Crippen LogP contribution in [0.25, 0.3) is 10.6 Å². The molecule has 0 saturated heterocycles. The molecule has 0 amide bonds. The molecule has 14 heavy (non-hydrogen) atoms. The second-order valence-corrected chi connectivity index (χ2v) is 4.37. The topological polar surface area (TPSA) is 50.9 Å². The molecule has 0 radical (unpaired) electrons. The van der Waals surface area contributed by atoms with Gasteiger partial charge in [0.25, 0.3) is 0 Å². The smallest absolute Gasteiger partial charge is 0.151 e. The van der Waals surface area contributed by atoms with Gasteiger partial charge in [0.1, 0.15) is 5.01 Å². The highest BCUT2D eigenvalue weighted by Gasteiger charge is 2.06. The third-order valence-corrected chi connectivity index (χ3v) is 3.32. The molecule has 0 atom stereocenters. The third-order valence-electron chi connectivity index (χ3n) is 1.76. The lowest BCUT2D eigenvalue weighted by Crippen LogP contribution is -2.06. The number of halogens is 1. The first-order valence-corrected chi connectivity index (χ1v) is 5.65. The molecule has 1 aromatic carbocycles. The van der Waals surface area contributed by atoms with Gasteiger partial charge in [0.05, 0.1) is 0 Å². The van der Waals surface area contributed by atoms with Crippen LogP contribution in [-0.4, -0.2) is 4.98 Å². The fourth-order valence-electron chi connectivity index (χ4n) is 1.10. The molecule has 2 aromatic rings. The van der Waals surface area contributed by atoms with E-state index in [1.807, 2.05) is 29.6 Å². The Balaban J connectivity index is 2.44. The van der Waals surface area contributed by atoms with Crippen LogP contribution in [-0.2, 0) is 0 Å². The molecule has 0 unspecified atom stereocenters. The van der Waals surface area contributed by atoms with Gasteiger partial charge in [-0.05, 0) is 6.07 Å². The standard InChI is InChI=1S/C9H8BrN3S/c10-7-4-2-1-3-6(7)9-12-8(13-11)5-14-9/h1-5,13H,11H2. The molecule has 0 fully saturated rings. The van der Waals surface area contributed by atoms with E-state index in [4.69, 9.17) is 5.84 Å². The van der Waals surface area contributed by atoms with Crippen LogP contribution in [0.1, 0.15) is 0 Å². The molecule has 0 aliphatic rings. The van der Waals surface area contributed by atoms with E-state index in [9.17, 15) is 0 Å². The van der Waals surface area contributed by atoms with Gasteiger partial charge in [0.2, 0.25) is 0 Å². The molecule has 3 nitrogen and oxygen atoms in total. The Labute approximate surface area is 94.1 Å². The Morgan fingerprint density at radius 1 is 1.36 bits per heavy atom. The molecular weight excluding hydrogens is 262 g/mol. The van der Waals surface area contributed by atoms with Crippen LogP contribution < -0.4 is 11.3 Å². The average molecular weight is 270 g/mol. The summed E-state index contributed by atoms with van der Waals surface area (Å²) in [5.41, 5.74) is 3.60. The summed E-state index contributed by atoms with van der Waals surface area (Å²) in [6, 6.07) is 7.97. The monoisotopic (exact) mass is 269 g/mol. The fourth-order valence-corrected chi connectivity index (χ4v) is 2.50. The molecule has 0 aliphatic heterocycles. The van der Waals surface area contributed by atoms with Gasteiger partial charge in [-0.3, -0.25) is 0 Å². The van der Waals surface area contributed by atoms with E-state index in [1.54, 1.807) is 11.3 Å². The predicted molar refractivity (Wildman–Crippen MR) is 63.1 cm³/mol. The van der Waals surface area contributed by atoms with E-state index >= 15 is 0 Å². The normalized spacial score (nSPS) is 10.1. The van der Waals surface area contributed by atoms with Crippen LogP contribution >= 0.6 is 27.3 Å². The molecule has 1 heterocycles. The van der Waals surface area contributed by atoms with Gasteiger partial charge in [-0.25, -0.2) is 10.8 Å². The molecule has 0 bridgehead atoms. The molecule has 1 aromatic heterocycles. The molecule has 2 rings (SSSR count). The Morgan fingerprint density at radius 2 is 2.14 bits per heavy atom. The molecule has 0 aliphatic carbocycles. The number of nitrogens with one attached hydrogen (secondary N) is 1. The summed E-state index contributed by atoms with van der Waals surface area (Å²) in [4.78, 5) is 4.31. The summed E-state index contributed by atoms with van der Waals surface area (Å²) in [6.45, 7) is 0. The summed E-state index contributed by atoms with van der Waals surface area (Å²) in [7, 11) is 0. The van der Waals surface area contributed by atoms with E-state index in [1.165, 1.54) is 0 Å². The number of rotatable bonds is 2. The van der Waals surface area contributed by atoms with E-state index < -0.39 is 0 Å². The zero-order valence-corrected chi connectivity index (χ0v) is 9.60. The highest BCUT2D eigenvalue weighted by Crippen LogP contribution is 2.31. The van der Waals surface area contributed by atoms with E-state index in [-0.39, 0.29) is 0 Å². The van der Waals surface area contributed by atoms with Crippen molar-refractivity contribution in [3.05, 3.63) is 34.1 Å². The Hall–Kier alpha value is -0.910. The lowest BCUT2D eigenvalue weighted by molar-refractivity contribution is 1.27. The first-order chi connectivity index (χ1) is 6.81. The fraction of sp³-hybridized carbons (Fsp3) is 0. The van der Waals surface area contributed by atoms with Crippen molar-refractivity contribution in [3.63, 3.8) is 0 Å². The van der Waals surface area contributed by atoms with Crippen molar-refractivity contribution in [2.24, 2.45) is 5.84 Å². The lowest BCUT2D eigenvalue weighted by Gasteiger charge is -1.98. The molecule has 0 spiro atoms. The van der Waals surface area contributed by atoms with Crippen LogP contribution in [0.4, 0.5) is 5.82 Å². The summed E-state index contributed by atoms with van der Waals surface area (Å²) in [6.07, 6.45) is 0. The number of nitrogens with zero attached hydrogens (tertiary/aromatic N) is 1. The number of anilines is 1. The van der Waals surface area contributed by atoms with Crippen molar-refractivity contribution >= 4 is 33.1 Å². The Morgan fingerprint density at radius 3 is 2.79 bits per heavy atom. The highest BCUT2D eigenvalue weighted by atomic mass is 79.9. The number of hydrazine groups is 1. The van der Waals surface area contributed by atoms with Gasteiger partial charge in [-0.15, -0.1) is 11.3 Å². The van der Waals surface area contributed by atoms with Crippen LogP contribution in [0.3, 0.4) is 0 Å². The highest BCUT2D eigenvalue weighted by molar-refractivity contribution is 9.10. The minimum atomic E-state index is 0.695. The van der Waals surface area contributed by atoms with Crippen molar-refractivity contribution in [1.29, 1.82) is 0 Å². The largest absolute Gasteiger partial charge is 0.308 e. The van der Waals surface area contributed by atoms with Gasteiger partial charge >= 0.3 is 0 Å². The minimum Gasteiger partial charge on any atom is -0.308 e. The van der Waals surface area contributed by atoms with Gasteiger partial charge in [0, 0.05) is 15.4 Å². The summed E-state index contributed by atoms with van der Waals surface area (Å²) in [5.74, 6) is 5.96. The number of aromatic nitrogens is 1. The number of nitrogens with two attached hydrogens (primary N) is 1. The molecule has 3 N–H and O–H groups in total. The van der Waals surface area contributed by atoms with E-state index in [0.29, 0.717) is 5.82 Å². The van der Waals surface area contributed by atoms with E-state index in [0.717, 1.165) is 15.0 Å². The number of nitrogen functional groups attached to an aromatic ring is 1. The summed E-state index contributed by atoms with van der Waals surface area (Å²) in [5, 5.41) is 2.83. The SMILES string of the molecule is NNc1csc(-c2ccccc2Br)n1. The van der Waals surface area contributed by atoms with Crippen LogP contribution in [0, 0.1) is 0 Å². The first-order valence-electron chi connectivity index (χ1n) is 3.98. The maximum absolute atomic E-state index is 5.26. The van der Waals surface area contributed by atoms with E-state index in [2.05, 4.69) is 26.3 Å². The maximum atomic E-state index is 5.26. The predicted octanol–water partition coefficient (Wildman–Crippen LogP) is 2.86. The van der Waals surface area contributed by atoms with Gasteiger partial charge < -0.3 is 5.43 Å². The average Bonchev–Trinajstić information content (AvgIpc) is 2.67. The van der Waals surface area contributed by atoms with Crippen molar-refractivity contribution in [3.8, 4) is 10.6 Å². The second-order valence-electron chi connectivity index (χ2n) is 2.66. The molecular formula is C9H8BrN3S. The zero-order valence-electron chi connectivity index (χ0n) is 7.20. The number of hydrogen-bond acceptors (Lipinski definition) is 4. The molecule has 72 valence electrons. The molecule has 5 heteroatoms. The number of benzene rings is 1. The number of thiazole rings is 1. The second kappa shape index (κ2) is 4.08. The number of hydrogen-bond donors (Lipinski definition) is 2. The van der Waals surface area contributed by atoms with Crippen molar-refractivity contribution in [2.75, 3.05) is 5.43 Å². The quantitative estimate of drug-likeness (QED) is 0.651. The van der Waals surface area contributed by atoms with Crippen LogP contribution in [0.5, 0.6) is 0 Å². The van der Waals surface area contributed by atoms with Crippen LogP contribution in [0.15, 0.2) is 34.1 Å². The van der Waals surface area contributed by atoms with Gasteiger partial charge in [-0.1, -0.05) is 34.1 Å². The van der Waals surface area contributed by atoms with Gasteiger partial charge in [-0.2, -0.15) is 0 Å². The lowest BCUT2D eigenvalue weighted by atomic mass is 10.2. The van der Waals surface area contributed by atoms with Gasteiger partial charge in [0.15, 0.2) is 5.82 Å². The zero-order chi connectivity index (χ0) is 9.97. The summed E-state index contributed by atoms with van der Waals surface area (Å²) >= 11 is 5.04. The molecule has 0 saturated carbocycles. The first kappa shape index (κ1) is 9.64. The Kier molecular flexibility index (Phi) is 2.81. The van der Waals surface area contributed by atoms with Crippen LogP contribution in [0.2, 0.25) is 0 Å². The summed E-state index contributed by atoms with van der Waals surface area (Å²) < 4.78 is 1.04. The van der Waals surface area contributed by atoms with Crippen molar-refractivity contribution < 1.29 is 0 Å².